The fourth-order valence-corrected chi connectivity index (χ4v) is 3.54. The monoisotopic (exact) mass is 370 g/mol. The van der Waals surface area contributed by atoms with Crippen LogP contribution < -0.4 is 0 Å². The van der Waals surface area contributed by atoms with Gasteiger partial charge < -0.3 is 0 Å². The second-order valence-corrected chi connectivity index (χ2v) is 7.11. The van der Waals surface area contributed by atoms with E-state index < -0.39 is 0 Å². The highest BCUT2D eigenvalue weighted by Crippen LogP contribution is 2.27. The van der Waals surface area contributed by atoms with Crippen molar-refractivity contribution in [2.24, 2.45) is 5.92 Å². The van der Waals surface area contributed by atoms with Crippen LogP contribution in [0.3, 0.4) is 0 Å². The molecule has 3 heteroatoms. The van der Waals surface area contributed by atoms with Gasteiger partial charge in [0.25, 0.3) is 0 Å². The molecule has 1 aliphatic rings. The topological polar surface area (TPSA) is 34.1 Å². The third-order valence-electron chi connectivity index (χ3n) is 4.46. The van der Waals surface area contributed by atoms with Gasteiger partial charge >= 0.3 is 0 Å². The highest BCUT2D eigenvalue weighted by atomic mass is 79.9. The van der Waals surface area contributed by atoms with E-state index in [9.17, 15) is 9.59 Å². The van der Waals surface area contributed by atoms with Gasteiger partial charge in [0.05, 0.1) is 0 Å². The van der Waals surface area contributed by atoms with Crippen LogP contribution in [0.1, 0.15) is 47.2 Å². The van der Waals surface area contributed by atoms with E-state index in [1.54, 1.807) is 0 Å². The van der Waals surface area contributed by atoms with E-state index in [0.29, 0.717) is 23.7 Å². The fraction of sp³-hybridized carbons (Fsp3) is 0.300. The summed E-state index contributed by atoms with van der Waals surface area (Å²) in [5.74, 6) is 0.781. The Bertz CT molecular complexity index is 719. The molecule has 0 N–H and O–H groups in total. The van der Waals surface area contributed by atoms with E-state index >= 15 is 0 Å². The zero-order valence-corrected chi connectivity index (χ0v) is 14.5. The zero-order chi connectivity index (χ0) is 16.2. The lowest BCUT2D eigenvalue weighted by Gasteiger charge is -2.21. The minimum atomic E-state index is 0.0511. The molecule has 1 aliphatic carbocycles. The van der Waals surface area contributed by atoms with Crippen molar-refractivity contribution >= 4 is 27.5 Å². The van der Waals surface area contributed by atoms with Gasteiger partial charge in [-0.1, -0.05) is 40.2 Å². The zero-order valence-electron chi connectivity index (χ0n) is 12.9. The number of rotatable bonds is 4. The van der Waals surface area contributed by atoms with Gasteiger partial charge in [0.1, 0.15) is 5.78 Å². The maximum Gasteiger partial charge on any atom is 0.193 e. The molecule has 0 aliphatic heterocycles. The van der Waals surface area contributed by atoms with E-state index in [4.69, 9.17) is 0 Å². The molecule has 2 nitrogen and oxygen atoms in total. The third kappa shape index (κ3) is 3.97. The molecule has 1 saturated carbocycles. The summed E-state index contributed by atoms with van der Waals surface area (Å²) in [6, 6.07) is 15.2. The first-order valence-corrected chi connectivity index (χ1v) is 8.82. The Morgan fingerprint density at radius 1 is 1.09 bits per heavy atom. The lowest BCUT2D eigenvalue weighted by molar-refractivity contribution is -0.121. The molecule has 0 spiro atoms. The highest BCUT2D eigenvalue weighted by molar-refractivity contribution is 9.10. The van der Waals surface area contributed by atoms with Crippen LogP contribution in [0, 0.1) is 5.92 Å². The van der Waals surface area contributed by atoms with E-state index in [0.717, 1.165) is 41.3 Å². The summed E-state index contributed by atoms with van der Waals surface area (Å²) in [7, 11) is 0. The Labute approximate surface area is 145 Å². The smallest absolute Gasteiger partial charge is 0.193 e. The molecule has 118 valence electrons. The minimum absolute atomic E-state index is 0.0511. The normalized spacial score (nSPS) is 18.0. The number of carbonyl (C=O) groups excluding carboxylic acids is 2. The average Bonchev–Trinajstić information content (AvgIpc) is 2.55. The third-order valence-corrected chi connectivity index (χ3v) is 4.99. The predicted molar refractivity (Wildman–Crippen MR) is 94.7 cm³/mol. The van der Waals surface area contributed by atoms with Gasteiger partial charge in [-0.3, -0.25) is 9.59 Å². The van der Waals surface area contributed by atoms with Crippen molar-refractivity contribution in [3.05, 3.63) is 69.7 Å². The Morgan fingerprint density at radius 2 is 1.83 bits per heavy atom. The molecule has 3 rings (SSSR count). The van der Waals surface area contributed by atoms with Gasteiger partial charge in [-0.25, -0.2) is 0 Å². The molecule has 0 saturated heterocycles. The highest BCUT2D eigenvalue weighted by Gasteiger charge is 2.22. The molecule has 1 fully saturated rings. The van der Waals surface area contributed by atoms with Crippen LogP contribution in [-0.2, 0) is 11.2 Å². The second kappa shape index (κ2) is 7.22. The Balaban J connectivity index is 1.84. The molecular weight excluding hydrogens is 352 g/mol. The van der Waals surface area contributed by atoms with Gasteiger partial charge in [-0.05, 0) is 55.0 Å². The van der Waals surface area contributed by atoms with Gasteiger partial charge in [-0.15, -0.1) is 0 Å². The summed E-state index contributed by atoms with van der Waals surface area (Å²) in [4.78, 5) is 24.5. The average molecular weight is 371 g/mol. The molecular formula is C20H19BrO2. The first-order chi connectivity index (χ1) is 11.1. The minimum Gasteiger partial charge on any atom is -0.300 e. The molecule has 0 radical (unpaired) electrons. The van der Waals surface area contributed by atoms with E-state index in [2.05, 4.69) is 15.9 Å². The second-order valence-electron chi connectivity index (χ2n) is 6.20. The van der Waals surface area contributed by atoms with E-state index in [-0.39, 0.29) is 5.78 Å². The lowest BCUT2D eigenvalue weighted by atomic mass is 9.82. The van der Waals surface area contributed by atoms with Crippen molar-refractivity contribution in [1.82, 2.24) is 0 Å². The number of benzene rings is 2. The first-order valence-electron chi connectivity index (χ1n) is 8.03. The van der Waals surface area contributed by atoms with Gasteiger partial charge in [0.15, 0.2) is 5.78 Å². The quantitative estimate of drug-likeness (QED) is 0.711. The summed E-state index contributed by atoms with van der Waals surface area (Å²) in [5, 5.41) is 0. The van der Waals surface area contributed by atoms with Crippen LogP contribution in [0.15, 0.2) is 53.0 Å². The number of carbonyl (C=O) groups is 2. The van der Waals surface area contributed by atoms with Crippen LogP contribution in [0.5, 0.6) is 0 Å². The number of hydrogen-bond donors (Lipinski definition) is 0. The van der Waals surface area contributed by atoms with Crippen LogP contribution in [0.25, 0.3) is 0 Å². The number of Topliss-reactive ketones (excluding diaryl/α,β-unsaturated/α-hetero) is 1. The molecule has 0 amide bonds. The van der Waals surface area contributed by atoms with Crippen molar-refractivity contribution < 1.29 is 9.59 Å². The molecule has 0 aromatic heterocycles. The number of hydrogen-bond acceptors (Lipinski definition) is 2. The Hall–Kier alpha value is -1.74. The molecule has 2 aromatic rings. The molecule has 0 unspecified atom stereocenters. The largest absolute Gasteiger partial charge is 0.300 e. The Morgan fingerprint density at radius 3 is 2.57 bits per heavy atom. The van der Waals surface area contributed by atoms with Crippen molar-refractivity contribution in [3.63, 3.8) is 0 Å². The first kappa shape index (κ1) is 16.1. The van der Waals surface area contributed by atoms with E-state index in [1.807, 2.05) is 48.5 Å². The van der Waals surface area contributed by atoms with Gasteiger partial charge in [0, 0.05) is 28.4 Å². The van der Waals surface area contributed by atoms with Crippen LogP contribution in [0.4, 0.5) is 0 Å². The molecule has 23 heavy (non-hydrogen) atoms. The van der Waals surface area contributed by atoms with Crippen molar-refractivity contribution in [2.45, 2.75) is 32.1 Å². The number of ketones is 2. The summed E-state index contributed by atoms with van der Waals surface area (Å²) < 4.78 is 0.961. The molecule has 0 bridgehead atoms. The fourth-order valence-electron chi connectivity index (χ4n) is 3.28. The summed E-state index contributed by atoms with van der Waals surface area (Å²) >= 11 is 3.39. The van der Waals surface area contributed by atoms with Crippen molar-refractivity contribution in [3.8, 4) is 0 Å². The molecule has 2 aromatic carbocycles. The summed E-state index contributed by atoms with van der Waals surface area (Å²) in [6.45, 7) is 0. The Kier molecular flexibility index (Phi) is 5.06. The molecule has 0 heterocycles. The van der Waals surface area contributed by atoms with Crippen LogP contribution in [-0.4, -0.2) is 11.6 Å². The van der Waals surface area contributed by atoms with Gasteiger partial charge in [0.2, 0.25) is 0 Å². The molecule has 1 atom stereocenters. The van der Waals surface area contributed by atoms with Crippen LogP contribution >= 0.6 is 15.9 Å². The maximum atomic E-state index is 12.8. The van der Waals surface area contributed by atoms with Gasteiger partial charge in [-0.2, -0.15) is 0 Å². The maximum absolute atomic E-state index is 12.8. The van der Waals surface area contributed by atoms with Crippen molar-refractivity contribution in [2.75, 3.05) is 0 Å². The summed E-state index contributed by atoms with van der Waals surface area (Å²) in [5.41, 5.74) is 2.51. The SMILES string of the molecule is O=C1CCC[C@@H](Cc2ccccc2C(=O)c2ccc(Br)cc2)C1. The van der Waals surface area contributed by atoms with Crippen LogP contribution in [0.2, 0.25) is 0 Å². The standard InChI is InChI=1S/C20H19BrO2/c21-17-10-8-15(9-11-17)20(23)19-7-2-1-5-16(19)12-14-4-3-6-18(22)13-14/h1-2,5,7-11,14H,3-4,6,12-13H2/t14-/m0/s1. The lowest BCUT2D eigenvalue weighted by Crippen LogP contribution is -2.18. The number of halogens is 1. The van der Waals surface area contributed by atoms with E-state index in [1.165, 1.54) is 0 Å². The predicted octanol–water partition coefficient (Wildman–Crippen LogP) is 4.98. The summed E-state index contributed by atoms with van der Waals surface area (Å²) in [6.07, 6.45) is 4.24. The van der Waals surface area contributed by atoms with Crippen molar-refractivity contribution in [1.29, 1.82) is 0 Å².